The Morgan fingerprint density at radius 1 is 1.57 bits per heavy atom. The Morgan fingerprint density at radius 3 is 2.71 bits per heavy atom. The second-order valence-corrected chi connectivity index (χ2v) is 4.25. The van der Waals surface area contributed by atoms with Gasteiger partial charge in [-0.15, -0.1) is 0 Å². The van der Waals surface area contributed by atoms with Gasteiger partial charge in [-0.3, -0.25) is 0 Å². The van der Waals surface area contributed by atoms with Crippen LogP contribution < -0.4 is 4.90 Å². The lowest BCUT2D eigenvalue weighted by Gasteiger charge is -2.35. The molecule has 78 valence electrons. The molecule has 0 saturated carbocycles. The van der Waals surface area contributed by atoms with E-state index in [1.165, 1.54) is 0 Å². The Bertz CT molecular complexity index is 315. The predicted molar refractivity (Wildman–Crippen MR) is 58.8 cm³/mol. The van der Waals surface area contributed by atoms with Crippen LogP contribution in [0.3, 0.4) is 0 Å². The van der Waals surface area contributed by atoms with Crippen LogP contribution in [-0.4, -0.2) is 29.3 Å². The number of aromatic nitrogens is 1. The third kappa shape index (κ3) is 2.36. The van der Waals surface area contributed by atoms with Gasteiger partial charge >= 0.3 is 0 Å². The summed E-state index contributed by atoms with van der Waals surface area (Å²) in [7, 11) is 1.92. The SMILES string of the molecule is CN(c1ccnc(Cl)c1)C(C)(C)CO. The monoisotopic (exact) mass is 214 g/mol. The van der Waals surface area contributed by atoms with Crippen LogP contribution in [0.5, 0.6) is 0 Å². The Hall–Kier alpha value is -0.800. The molecular weight excluding hydrogens is 200 g/mol. The molecule has 0 unspecified atom stereocenters. The van der Waals surface area contributed by atoms with Crippen molar-refractivity contribution in [3.8, 4) is 0 Å². The molecule has 14 heavy (non-hydrogen) atoms. The standard InChI is InChI=1S/C10H15ClN2O/c1-10(2,7-14)13(3)8-4-5-12-9(11)6-8/h4-6,14H,7H2,1-3H3. The van der Waals surface area contributed by atoms with Gasteiger partial charge in [0.15, 0.2) is 0 Å². The molecule has 0 aliphatic carbocycles. The minimum absolute atomic E-state index is 0.0867. The van der Waals surface area contributed by atoms with Crippen molar-refractivity contribution in [2.45, 2.75) is 19.4 Å². The van der Waals surface area contributed by atoms with Gasteiger partial charge < -0.3 is 10.0 Å². The highest BCUT2D eigenvalue weighted by Crippen LogP contribution is 2.23. The average Bonchev–Trinajstić information content (AvgIpc) is 2.16. The van der Waals surface area contributed by atoms with Crippen molar-refractivity contribution in [1.29, 1.82) is 0 Å². The largest absolute Gasteiger partial charge is 0.394 e. The molecule has 0 aliphatic heterocycles. The lowest BCUT2D eigenvalue weighted by molar-refractivity contribution is 0.216. The van der Waals surface area contributed by atoms with Crippen LogP contribution in [0.15, 0.2) is 18.3 Å². The highest BCUT2D eigenvalue weighted by Gasteiger charge is 2.22. The van der Waals surface area contributed by atoms with E-state index in [0.717, 1.165) is 5.69 Å². The van der Waals surface area contributed by atoms with Crippen LogP contribution in [-0.2, 0) is 0 Å². The van der Waals surface area contributed by atoms with Gasteiger partial charge in [-0.25, -0.2) is 4.98 Å². The van der Waals surface area contributed by atoms with Gasteiger partial charge in [0.2, 0.25) is 0 Å². The summed E-state index contributed by atoms with van der Waals surface area (Å²) in [4.78, 5) is 5.88. The van der Waals surface area contributed by atoms with E-state index in [0.29, 0.717) is 5.15 Å². The van der Waals surface area contributed by atoms with Gasteiger partial charge in [-0.1, -0.05) is 11.6 Å². The second-order valence-electron chi connectivity index (χ2n) is 3.87. The fraction of sp³-hybridized carbons (Fsp3) is 0.500. The minimum Gasteiger partial charge on any atom is -0.394 e. The van der Waals surface area contributed by atoms with Crippen molar-refractivity contribution >= 4 is 17.3 Å². The van der Waals surface area contributed by atoms with E-state index in [1.54, 1.807) is 12.3 Å². The maximum atomic E-state index is 9.20. The molecule has 4 heteroatoms. The molecule has 1 aromatic heterocycles. The number of rotatable bonds is 3. The zero-order valence-electron chi connectivity index (χ0n) is 8.66. The summed E-state index contributed by atoms with van der Waals surface area (Å²) < 4.78 is 0. The topological polar surface area (TPSA) is 36.4 Å². The molecule has 0 bridgehead atoms. The van der Waals surface area contributed by atoms with Crippen LogP contribution >= 0.6 is 11.6 Å². The van der Waals surface area contributed by atoms with Crippen molar-refractivity contribution in [2.75, 3.05) is 18.6 Å². The molecule has 3 nitrogen and oxygen atoms in total. The maximum absolute atomic E-state index is 9.20. The van der Waals surface area contributed by atoms with Crippen molar-refractivity contribution < 1.29 is 5.11 Å². The lowest BCUT2D eigenvalue weighted by atomic mass is 10.0. The van der Waals surface area contributed by atoms with E-state index < -0.39 is 0 Å². The highest BCUT2D eigenvalue weighted by molar-refractivity contribution is 6.29. The molecule has 1 heterocycles. The summed E-state index contributed by atoms with van der Waals surface area (Å²) in [6.07, 6.45) is 1.65. The molecule has 0 atom stereocenters. The van der Waals surface area contributed by atoms with E-state index in [2.05, 4.69) is 4.98 Å². The van der Waals surface area contributed by atoms with Gasteiger partial charge in [-0.2, -0.15) is 0 Å². The van der Waals surface area contributed by atoms with Gasteiger partial charge in [0.05, 0.1) is 12.1 Å². The van der Waals surface area contributed by atoms with Gasteiger partial charge in [0.25, 0.3) is 0 Å². The Balaban J connectivity index is 2.94. The number of hydrogen-bond acceptors (Lipinski definition) is 3. The fourth-order valence-corrected chi connectivity index (χ4v) is 1.22. The lowest BCUT2D eigenvalue weighted by Crippen LogP contribution is -2.44. The number of aliphatic hydroxyl groups is 1. The summed E-state index contributed by atoms with van der Waals surface area (Å²) >= 11 is 5.78. The van der Waals surface area contributed by atoms with Crippen LogP contribution in [0.2, 0.25) is 5.15 Å². The van der Waals surface area contributed by atoms with Crippen molar-refractivity contribution in [1.82, 2.24) is 4.98 Å². The number of pyridine rings is 1. The Kier molecular flexibility index (Phi) is 3.34. The molecule has 0 saturated heterocycles. The minimum atomic E-state index is -0.301. The van der Waals surface area contributed by atoms with Gasteiger partial charge in [0.1, 0.15) is 5.15 Å². The molecule has 0 radical (unpaired) electrons. The van der Waals surface area contributed by atoms with Crippen LogP contribution in [0.25, 0.3) is 0 Å². The number of aliphatic hydroxyl groups excluding tert-OH is 1. The molecule has 1 N–H and O–H groups in total. The highest BCUT2D eigenvalue weighted by atomic mass is 35.5. The molecule has 0 fully saturated rings. The fourth-order valence-electron chi connectivity index (χ4n) is 1.06. The molecule has 0 spiro atoms. The first-order chi connectivity index (χ1) is 6.47. The Labute approximate surface area is 89.3 Å². The van der Waals surface area contributed by atoms with E-state index in [1.807, 2.05) is 31.9 Å². The molecular formula is C10H15ClN2O. The number of hydrogen-bond donors (Lipinski definition) is 1. The molecule has 0 aromatic carbocycles. The zero-order valence-corrected chi connectivity index (χ0v) is 9.41. The van der Waals surface area contributed by atoms with Crippen LogP contribution in [0.1, 0.15) is 13.8 Å². The third-order valence-corrected chi connectivity index (χ3v) is 2.60. The average molecular weight is 215 g/mol. The zero-order chi connectivity index (χ0) is 10.8. The number of halogens is 1. The number of anilines is 1. The van der Waals surface area contributed by atoms with Gasteiger partial charge in [-0.05, 0) is 26.0 Å². The number of likely N-dealkylation sites (N-methyl/N-ethyl adjacent to an activating group) is 1. The second kappa shape index (κ2) is 4.15. The van der Waals surface area contributed by atoms with Crippen LogP contribution in [0, 0.1) is 0 Å². The predicted octanol–water partition coefficient (Wildman–Crippen LogP) is 1.94. The van der Waals surface area contributed by atoms with Crippen molar-refractivity contribution in [3.05, 3.63) is 23.5 Å². The van der Waals surface area contributed by atoms with Gasteiger partial charge in [0, 0.05) is 18.9 Å². The summed E-state index contributed by atoms with van der Waals surface area (Å²) in [5.41, 5.74) is 0.647. The summed E-state index contributed by atoms with van der Waals surface area (Å²) in [5, 5.41) is 9.67. The molecule has 1 aromatic rings. The van der Waals surface area contributed by atoms with E-state index in [4.69, 9.17) is 11.6 Å². The maximum Gasteiger partial charge on any atom is 0.131 e. The van der Waals surface area contributed by atoms with Crippen molar-refractivity contribution in [3.63, 3.8) is 0 Å². The van der Waals surface area contributed by atoms with E-state index in [9.17, 15) is 5.11 Å². The molecule has 0 amide bonds. The summed E-state index contributed by atoms with van der Waals surface area (Å²) in [6.45, 7) is 4.01. The summed E-state index contributed by atoms with van der Waals surface area (Å²) in [6, 6.07) is 3.64. The first kappa shape index (κ1) is 11.3. The first-order valence-corrected chi connectivity index (χ1v) is 4.81. The Morgan fingerprint density at radius 2 is 2.21 bits per heavy atom. The summed E-state index contributed by atoms with van der Waals surface area (Å²) in [5.74, 6) is 0. The van der Waals surface area contributed by atoms with Crippen molar-refractivity contribution in [2.24, 2.45) is 0 Å². The smallest absolute Gasteiger partial charge is 0.131 e. The molecule has 1 rings (SSSR count). The number of nitrogens with zero attached hydrogens (tertiary/aromatic N) is 2. The third-order valence-electron chi connectivity index (χ3n) is 2.39. The van der Waals surface area contributed by atoms with E-state index in [-0.39, 0.29) is 12.1 Å². The first-order valence-electron chi connectivity index (χ1n) is 4.43. The normalized spacial score (nSPS) is 11.5. The quantitative estimate of drug-likeness (QED) is 0.782. The van der Waals surface area contributed by atoms with E-state index >= 15 is 0 Å². The van der Waals surface area contributed by atoms with Crippen LogP contribution in [0.4, 0.5) is 5.69 Å². The molecule has 0 aliphatic rings.